The fraction of sp³-hybridized carbons (Fsp3) is 0.778. The van der Waals surface area contributed by atoms with E-state index in [1.807, 2.05) is 0 Å². The molecule has 0 saturated heterocycles. The summed E-state index contributed by atoms with van der Waals surface area (Å²) in [6, 6.07) is 0. The molecule has 0 aromatic carbocycles. The molecule has 0 aliphatic heterocycles. The first-order valence-corrected chi connectivity index (χ1v) is 4.38. The van der Waals surface area contributed by atoms with Crippen LogP contribution in [0.5, 0.6) is 0 Å². The Morgan fingerprint density at radius 1 is 1.10 bits per heavy atom. The molecule has 0 aliphatic carbocycles. The Labute approximate surface area is 69.0 Å². The molecule has 0 rings (SSSR count). The van der Waals surface area contributed by atoms with Crippen LogP contribution in [0.25, 0.3) is 0 Å². The van der Waals surface area contributed by atoms with Crippen LogP contribution in [0.1, 0.15) is 45.4 Å². The summed E-state index contributed by atoms with van der Waals surface area (Å²) in [6.07, 6.45) is 7.49. The van der Waals surface area contributed by atoms with Crippen molar-refractivity contribution in [3.8, 4) is 11.3 Å². The first-order valence-electron chi connectivity index (χ1n) is 4.00. The minimum atomic E-state index is 0.965. The van der Waals surface area contributed by atoms with Gasteiger partial charge < -0.3 is 0 Å². The van der Waals surface area contributed by atoms with E-state index in [1.54, 1.807) is 0 Å². The van der Waals surface area contributed by atoms with Gasteiger partial charge in [-0.25, -0.2) is 0 Å². The molecule has 0 aromatic rings. The predicted molar refractivity (Wildman–Crippen MR) is 47.0 cm³/mol. The van der Waals surface area contributed by atoms with Crippen LogP contribution in [0.15, 0.2) is 0 Å². The Hall–Kier alpha value is -0.150. The lowest BCUT2D eigenvalue weighted by molar-refractivity contribution is 0.641. The molecule has 0 aliphatic rings. The number of hydrogen-bond donors (Lipinski definition) is 0. The molecular weight excluding hydrogens is 144 g/mol. The monoisotopic (exact) mass is 158 g/mol. The summed E-state index contributed by atoms with van der Waals surface area (Å²) in [4.78, 5) is 0. The third-order valence-corrected chi connectivity index (χ3v) is 1.61. The molecule has 0 unspecified atom stereocenters. The third-order valence-electron chi connectivity index (χ3n) is 1.47. The van der Waals surface area contributed by atoms with E-state index in [1.165, 1.54) is 32.1 Å². The van der Waals surface area contributed by atoms with Crippen LogP contribution in [0.4, 0.5) is 0 Å². The van der Waals surface area contributed by atoms with Crippen LogP contribution in [0.3, 0.4) is 0 Å². The van der Waals surface area contributed by atoms with Gasteiger partial charge in [0, 0.05) is 11.8 Å². The zero-order chi connectivity index (χ0) is 7.66. The molecule has 0 atom stereocenters. The summed E-state index contributed by atoms with van der Waals surface area (Å²) >= 11 is 5.18. The molecular formula is C9H15Cl. The summed E-state index contributed by atoms with van der Waals surface area (Å²) in [5.74, 6) is 2.84. The van der Waals surface area contributed by atoms with Crippen LogP contribution in [-0.4, -0.2) is 0 Å². The van der Waals surface area contributed by atoms with Crippen LogP contribution in [-0.2, 0) is 0 Å². The maximum Gasteiger partial charge on any atom is 0.0101 e. The quantitative estimate of drug-likeness (QED) is 0.424. The van der Waals surface area contributed by atoms with Gasteiger partial charge in [-0.05, 0) is 18.0 Å². The second-order valence-electron chi connectivity index (χ2n) is 2.44. The van der Waals surface area contributed by atoms with Gasteiger partial charge >= 0.3 is 0 Å². The van der Waals surface area contributed by atoms with Gasteiger partial charge in [0.25, 0.3) is 0 Å². The number of rotatable bonds is 5. The first-order chi connectivity index (χ1) is 4.91. The van der Waals surface area contributed by atoms with Gasteiger partial charge in [-0.3, -0.25) is 0 Å². The molecule has 0 amide bonds. The van der Waals surface area contributed by atoms with Gasteiger partial charge in [0.15, 0.2) is 0 Å². The summed E-state index contributed by atoms with van der Waals surface area (Å²) in [5, 5.41) is 2.38. The summed E-state index contributed by atoms with van der Waals surface area (Å²) in [5.41, 5.74) is 0. The minimum absolute atomic E-state index is 0.965. The fourth-order valence-electron chi connectivity index (χ4n) is 0.864. The highest BCUT2D eigenvalue weighted by molar-refractivity contribution is 6.30. The van der Waals surface area contributed by atoms with Gasteiger partial charge in [-0.2, -0.15) is 0 Å². The van der Waals surface area contributed by atoms with E-state index in [2.05, 4.69) is 18.2 Å². The van der Waals surface area contributed by atoms with E-state index < -0.39 is 0 Å². The van der Waals surface area contributed by atoms with Crippen molar-refractivity contribution in [2.75, 3.05) is 0 Å². The molecule has 0 fully saturated rings. The van der Waals surface area contributed by atoms with Gasteiger partial charge in [0.1, 0.15) is 0 Å². The number of hydrogen-bond acceptors (Lipinski definition) is 0. The maximum atomic E-state index is 5.18. The predicted octanol–water partition coefficient (Wildman–Crippen LogP) is 3.55. The van der Waals surface area contributed by atoms with Crippen molar-refractivity contribution in [1.29, 1.82) is 0 Å². The molecule has 0 aromatic heterocycles. The summed E-state index contributed by atoms with van der Waals surface area (Å²) < 4.78 is 0. The van der Waals surface area contributed by atoms with Crippen LogP contribution < -0.4 is 0 Å². The van der Waals surface area contributed by atoms with Gasteiger partial charge in [0.05, 0.1) is 0 Å². The SMILES string of the molecule is CCCCCCCC#CCl. The highest BCUT2D eigenvalue weighted by Gasteiger charge is 1.85. The van der Waals surface area contributed by atoms with Crippen molar-refractivity contribution in [3.63, 3.8) is 0 Å². The normalized spacial score (nSPS) is 8.60. The zero-order valence-electron chi connectivity index (χ0n) is 6.62. The standard InChI is InChI=1S/C9H15Cl/c1-2-3-4-5-6-7-8-9-10/h2-7H2,1H3. The summed E-state index contributed by atoms with van der Waals surface area (Å²) in [7, 11) is 0. The number of halogens is 1. The fourth-order valence-corrected chi connectivity index (χ4v) is 0.959. The first kappa shape index (κ1) is 9.85. The summed E-state index contributed by atoms with van der Waals surface area (Å²) in [6.45, 7) is 2.22. The number of unbranched alkanes of at least 4 members (excludes halogenated alkanes) is 5. The molecule has 0 bridgehead atoms. The van der Waals surface area contributed by atoms with Crippen molar-refractivity contribution in [1.82, 2.24) is 0 Å². The van der Waals surface area contributed by atoms with E-state index in [0.717, 1.165) is 6.42 Å². The van der Waals surface area contributed by atoms with Crippen molar-refractivity contribution < 1.29 is 0 Å². The second kappa shape index (κ2) is 8.85. The topological polar surface area (TPSA) is 0 Å². The highest BCUT2D eigenvalue weighted by atomic mass is 35.5. The Kier molecular flexibility index (Phi) is 8.72. The molecule has 0 heterocycles. The van der Waals surface area contributed by atoms with Crippen molar-refractivity contribution in [2.45, 2.75) is 45.4 Å². The van der Waals surface area contributed by atoms with Gasteiger partial charge in [0.2, 0.25) is 0 Å². The lowest BCUT2D eigenvalue weighted by Crippen LogP contribution is -1.75. The Balaban J connectivity index is 2.82. The van der Waals surface area contributed by atoms with Gasteiger partial charge in [-0.15, -0.1) is 0 Å². The third kappa shape index (κ3) is 7.85. The minimum Gasteiger partial charge on any atom is -0.0859 e. The van der Waals surface area contributed by atoms with Gasteiger partial charge in [-0.1, -0.05) is 38.5 Å². The maximum absolute atomic E-state index is 5.18. The molecule has 58 valence electrons. The van der Waals surface area contributed by atoms with Crippen molar-refractivity contribution >= 4 is 11.6 Å². The highest BCUT2D eigenvalue weighted by Crippen LogP contribution is 2.03. The van der Waals surface area contributed by atoms with Crippen LogP contribution in [0.2, 0.25) is 0 Å². The van der Waals surface area contributed by atoms with Crippen LogP contribution >= 0.6 is 11.6 Å². The van der Waals surface area contributed by atoms with Crippen molar-refractivity contribution in [3.05, 3.63) is 0 Å². The zero-order valence-corrected chi connectivity index (χ0v) is 7.38. The smallest absolute Gasteiger partial charge is 0.0101 e. The Bertz CT molecular complexity index is 108. The molecule has 0 nitrogen and oxygen atoms in total. The molecule has 0 radical (unpaired) electrons. The van der Waals surface area contributed by atoms with Crippen molar-refractivity contribution in [2.24, 2.45) is 0 Å². The second-order valence-corrected chi connectivity index (χ2v) is 2.62. The lowest BCUT2D eigenvalue weighted by atomic mass is 10.1. The Morgan fingerprint density at radius 3 is 2.40 bits per heavy atom. The average Bonchev–Trinajstić information content (AvgIpc) is 1.97. The molecule has 0 spiro atoms. The average molecular weight is 159 g/mol. The van der Waals surface area contributed by atoms with E-state index in [9.17, 15) is 0 Å². The lowest BCUT2D eigenvalue weighted by Gasteiger charge is -1.93. The van der Waals surface area contributed by atoms with E-state index in [4.69, 9.17) is 11.6 Å². The van der Waals surface area contributed by atoms with E-state index in [0.29, 0.717) is 0 Å². The molecule has 0 N–H and O–H groups in total. The largest absolute Gasteiger partial charge is 0.0859 e. The van der Waals surface area contributed by atoms with Crippen LogP contribution in [0, 0.1) is 11.3 Å². The molecule has 10 heavy (non-hydrogen) atoms. The van der Waals surface area contributed by atoms with E-state index >= 15 is 0 Å². The van der Waals surface area contributed by atoms with E-state index in [-0.39, 0.29) is 0 Å². The molecule has 1 heteroatoms. The molecule has 0 saturated carbocycles. The Morgan fingerprint density at radius 2 is 1.80 bits per heavy atom.